The number of carboxylic acid groups (broad SMARTS) is 1. The zero-order valence-corrected chi connectivity index (χ0v) is 11.2. The summed E-state index contributed by atoms with van der Waals surface area (Å²) in [4.78, 5) is 26.9. The van der Waals surface area contributed by atoms with E-state index in [2.05, 4.69) is 4.98 Å². The van der Waals surface area contributed by atoms with Crippen molar-refractivity contribution in [1.29, 1.82) is 0 Å². The van der Waals surface area contributed by atoms with Crippen LogP contribution in [0.15, 0.2) is 45.9 Å². The lowest BCUT2D eigenvalue weighted by Gasteiger charge is -2.05. The normalized spacial score (nSPS) is 10.9. The second kappa shape index (κ2) is 4.90. The summed E-state index contributed by atoms with van der Waals surface area (Å²) in [7, 11) is 0. The van der Waals surface area contributed by atoms with Crippen molar-refractivity contribution in [2.45, 2.75) is 13.5 Å². The van der Waals surface area contributed by atoms with Crippen LogP contribution in [0.2, 0.25) is 0 Å². The van der Waals surface area contributed by atoms with Gasteiger partial charge in [-0.2, -0.15) is 0 Å². The molecule has 0 amide bonds. The summed E-state index contributed by atoms with van der Waals surface area (Å²) in [5.74, 6) is -1.31. The number of hydrogen-bond donors (Lipinski definition) is 1. The Kier molecular flexibility index (Phi) is 3.06. The number of hydrogen-bond acceptors (Lipinski definition) is 4. The Morgan fingerprint density at radius 3 is 2.90 bits per heavy atom. The maximum absolute atomic E-state index is 11.8. The van der Waals surface area contributed by atoms with E-state index < -0.39 is 11.7 Å². The van der Waals surface area contributed by atoms with Gasteiger partial charge in [0.15, 0.2) is 0 Å². The molecule has 6 nitrogen and oxygen atoms in total. The molecule has 0 unspecified atom stereocenters. The molecule has 1 N–H and O–H groups in total. The third kappa shape index (κ3) is 2.31. The maximum Gasteiger partial charge on any atom is 0.372 e. The predicted molar refractivity (Wildman–Crippen MR) is 75.5 cm³/mol. The third-order valence-corrected chi connectivity index (χ3v) is 3.20. The number of furan rings is 1. The fourth-order valence-corrected chi connectivity index (χ4v) is 2.28. The van der Waals surface area contributed by atoms with E-state index in [1.807, 2.05) is 6.92 Å². The number of aromatic carboxylic acids is 1. The summed E-state index contributed by atoms with van der Waals surface area (Å²) in [6.45, 7) is 1.92. The third-order valence-electron chi connectivity index (χ3n) is 3.20. The summed E-state index contributed by atoms with van der Waals surface area (Å²) in [5.41, 5.74) is 1.34. The van der Waals surface area contributed by atoms with E-state index in [4.69, 9.17) is 4.42 Å². The van der Waals surface area contributed by atoms with Crippen molar-refractivity contribution in [1.82, 2.24) is 9.55 Å². The number of benzene rings is 1. The Bertz CT molecular complexity index is 892. The molecule has 0 spiro atoms. The van der Waals surface area contributed by atoms with Crippen molar-refractivity contribution in [3.63, 3.8) is 0 Å². The topological polar surface area (TPSA) is 85.3 Å². The van der Waals surface area contributed by atoms with Crippen molar-refractivity contribution in [2.75, 3.05) is 0 Å². The second-order valence-corrected chi connectivity index (χ2v) is 4.75. The number of para-hydroxylation sites is 1. The molecule has 21 heavy (non-hydrogen) atoms. The Morgan fingerprint density at radius 1 is 1.38 bits per heavy atom. The first-order chi connectivity index (χ1) is 10.1. The summed E-state index contributed by atoms with van der Waals surface area (Å²) >= 11 is 0. The van der Waals surface area contributed by atoms with Crippen LogP contribution in [0.5, 0.6) is 0 Å². The van der Waals surface area contributed by atoms with E-state index in [0.717, 1.165) is 5.56 Å². The van der Waals surface area contributed by atoms with Gasteiger partial charge in [0.25, 0.3) is 0 Å². The molecule has 3 rings (SSSR count). The van der Waals surface area contributed by atoms with Crippen LogP contribution in [0.4, 0.5) is 0 Å². The first-order valence-electron chi connectivity index (χ1n) is 6.33. The van der Waals surface area contributed by atoms with Gasteiger partial charge in [0.2, 0.25) is 5.76 Å². The Balaban J connectivity index is 2.19. The van der Waals surface area contributed by atoms with Crippen LogP contribution < -0.4 is 5.69 Å². The first kappa shape index (κ1) is 13.1. The number of rotatable bonds is 3. The molecule has 2 heterocycles. The molecule has 0 atom stereocenters. The molecule has 0 saturated carbocycles. The summed E-state index contributed by atoms with van der Waals surface area (Å²) in [6, 6.07) is 7.03. The van der Waals surface area contributed by atoms with Crippen LogP contribution in [0.3, 0.4) is 0 Å². The standard InChI is InChI=1S/C15H12N2O4/c1-9-6-16-15(20)17(7-9)8-11-10-4-2-3-5-12(10)21-13(11)14(18)19/h2-7H,8H2,1H3,(H,18,19). The molecule has 0 aliphatic carbocycles. The van der Waals surface area contributed by atoms with Crippen molar-refractivity contribution in [3.05, 3.63) is 64.0 Å². The molecule has 2 aromatic heterocycles. The van der Waals surface area contributed by atoms with E-state index >= 15 is 0 Å². The molecule has 1 aromatic carbocycles. The number of nitrogens with zero attached hydrogens (tertiary/aromatic N) is 2. The lowest BCUT2D eigenvalue weighted by molar-refractivity contribution is 0.0663. The van der Waals surface area contributed by atoms with Gasteiger partial charge in [0.05, 0.1) is 6.54 Å². The molecule has 0 aliphatic rings. The van der Waals surface area contributed by atoms with Crippen LogP contribution in [-0.4, -0.2) is 20.6 Å². The van der Waals surface area contributed by atoms with Crippen LogP contribution in [0.25, 0.3) is 11.0 Å². The van der Waals surface area contributed by atoms with Crippen molar-refractivity contribution in [2.24, 2.45) is 0 Å². The smallest absolute Gasteiger partial charge is 0.372 e. The maximum atomic E-state index is 11.8. The first-order valence-corrected chi connectivity index (χ1v) is 6.33. The highest BCUT2D eigenvalue weighted by Crippen LogP contribution is 2.26. The molecular formula is C15H12N2O4. The zero-order valence-electron chi connectivity index (χ0n) is 11.2. The van der Waals surface area contributed by atoms with E-state index in [1.165, 1.54) is 10.8 Å². The summed E-state index contributed by atoms with van der Waals surface area (Å²) in [5, 5.41) is 9.96. The Labute approximate surface area is 119 Å². The Morgan fingerprint density at radius 2 is 2.14 bits per heavy atom. The molecule has 0 radical (unpaired) electrons. The number of aromatic nitrogens is 2. The lowest BCUT2D eigenvalue weighted by Crippen LogP contribution is -2.23. The predicted octanol–water partition coefficient (Wildman–Crippen LogP) is 2.04. The molecule has 0 saturated heterocycles. The highest BCUT2D eigenvalue weighted by Gasteiger charge is 2.20. The van der Waals surface area contributed by atoms with E-state index in [9.17, 15) is 14.7 Å². The minimum Gasteiger partial charge on any atom is -0.475 e. The number of fused-ring (bicyclic) bond motifs is 1. The minimum absolute atomic E-state index is 0.103. The van der Waals surface area contributed by atoms with Gasteiger partial charge < -0.3 is 9.52 Å². The van der Waals surface area contributed by atoms with Crippen LogP contribution in [-0.2, 0) is 6.54 Å². The number of aryl methyl sites for hydroxylation is 1. The van der Waals surface area contributed by atoms with Gasteiger partial charge in [-0.25, -0.2) is 14.6 Å². The van der Waals surface area contributed by atoms with Gasteiger partial charge in [-0.15, -0.1) is 0 Å². The van der Waals surface area contributed by atoms with Gasteiger partial charge in [0, 0.05) is 23.3 Å². The Hall–Kier alpha value is -2.89. The van der Waals surface area contributed by atoms with Gasteiger partial charge in [-0.05, 0) is 18.6 Å². The average Bonchev–Trinajstić information content (AvgIpc) is 2.82. The molecule has 0 aliphatic heterocycles. The van der Waals surface area contributed by atoms with Crippen molar-refractivity contribution >= 4 is 16.9 Å². The van der Waals surface area contributed by atoms with Crippen molar-refractivity contribution in [3.8, 4) is 0 Å². The van der Waals surface area contributed by atoms with Gasteiger partial charge in [-0.1, -0.05) is 18.2 Å². The highest BCUT2D eigenvalue weighted by atomic mass is 16.4. The highest BCUT2D eigenvalue weighted by molar-refractivity contribution is 5.95. The van der Waals surface area contributed by atoms with Crippen LogP contribution in [0.1, 0.15) is 21.7 Å². The number of carboxylic acids is 1. The molecule has 3 aromatic rings. The summed E-state index contributed by atoms with van der Waals surface area (Å²) in [6.07, 6.45) is 3.12. The van der Waals surface area contributed by atoms with Gasteiger partial charge in [-0.3, -0.25) is 4.57 Å². The zero-order chi connectivity index (χ0) is 15.0. The van der Waals surface area contributed by atoms with Gasteiger partial charge in [0.1, 0.15) is 5.58 Å². The van der Waals surface area contributed by atoms with E-state index in [-0.39, 0.29) is 12.3 Å². The van der Waals surface area contributed by atoms with E-state index in [1.54, 1.807) is 30.5 Å². The minimum atomic E-state index is -1.16. The fraction of sp³-hybridized carbons (Fsp3) is 0.133. The van der Waals surface area contributed by atoms with Crippen LogP contribution >= 0.6 is 0 Å². The summed E-state index contributed by atoms with van der Waals surface area (Å²) < 4.78 is 6.74. The molecular weight excluding hydrogens is 272 g/mol. The largest absolute Gasteiger partial charge is 0.475 e. The fourth-order valence-electron chi connectivity index (χ4n) is 2.28. The number of carbonyl (C=O) groups is 1. The quantitative estimate of drug-likeness (QED) is 0.795. The second-order valence-electron chi connectivity index (χ2n) is 4.75. The van der Waals surface area contributed by atoms with Crippen LogP contribution in [0, 0.1) is 6.92 Å². The van der Waals surface area contributed by atoms with E-state index in [0.29, 0.717) is 16.5 Å². The van der Waals surface area contributed by atoms with Gasteiger partial charge >= 0.3 is 11.7 Å². The molecule has 106 valence electrons. The van der Waals surface area contributed by atoms with Crippen molar-refractivity contribution < 1.29 is 14.3 Å². The monoisotopic (exact) mass is 284 g/mol. The SMILES string of the molecule is Cc1cnc(=O)n(Cc2c(C(=O)O)oc3ccccc23)c1. The molecule has 6 heteroatoms. The lowest BCUT2D eigenvalue weighted by atomic mass is 10.1. The molecule has 0 bridgehead atoms. The average molecular weight is 284 g/mol. The molecule has 0 fully saturated rings.